The zero-order valence-corrected chi connectivity index (χ0v) is 13.9. The van der Waals surface area contributed by atoms with Crippen LogP contribution in [-0.4, -0.2) is 11.9 Å². The molecule has 3 rings (SSSR count). The first-order chi connectivity index (χ1) is 10.5. The molecule has 2 aromatic rings. The van der Waals surface area contributed by atoms with Gasteiger partial charge in [0.25, 0.3) is 0 Å². The summed E-state index contributed by atoms with van der Waals surface area (Å²) in [5.41, 5.74) is 0.807. The minimum atomic E-state index is -0.632. The first-order valence-corrected chi connectivity index (χ1v) is 7.73. The number of aliphatic imine (C=N–C) groups is 1. The highest BCUT2D eigenvalue weighted by Crippen LogP contribution is 2.25. The lowest BCUT2D eigenvalue weighted by atomic mass is 10.2. The van der Waals surface area contributed by atoms with Crippen LogP contribution < -0.4 is 0 Å². The van der Waals surface area contributed by atoms with E-state index in [0.29, 0.717) is 5.56 Å². The van der Waals surface area contributed by atoms with E-state index in [-0.39, 0.29) is 22.2 Å². The molecule has 0 saturated carbocycles. The van der Waals surface area contributed by atoms with Crippen LogP contribution in [0.15, 0.2) is 53.2 Å². The monoisotopic (exact) mass is 427 g/mol. The van der Waals surface area contributed by atoms with Gasteiger partial charge in [-0.1, -0.05) is 17.7 Å². The van der Waals surface area contributed by atoms with Crippen molar-refractivity contribution in [2.45, 2.75) is 0 Å². The second-order valence-electron chi connectivity index (χ2n) is 4.48. The highest BCUT2D eigenvalue weighted by atomic mass is 127. The van der Waals surface area contributed by atoms with E-state index in [0.717, 1.165) is 3.57 Å². The second kappa shape index (κ2) is 6.18. The molecule has 2 aromatic carbocycles. The van der Waals surface area contributed by atoms with Crippen molar-refractivity contribution in [3.63, 3.8) is 0 Å². The molecule has 6 heteroatoms. The van der Waals surface area contributed by atoms with Crippen molar-refractivity contribution in [3.05, 3.63) is 73.7 Å². The zero-order chi connectivity index (χ0) is 15.7. The van der Waals surface area contributed by atoms with E-state index >= 15 is 0 Å². The maximum Gasteiger partial charge on any atom is 0.363 e. The largest absolute Gasteiger partial charge is 0.402 e. The summed E-state index contributed by atoms with van der Waals surface area (Å²) in [5.74, 6) is -0.960. The van der Waals surface area contributed by atoms with Gasteiger partial charge in [0.05, 0.1) is 5.02 Å². The summed E-state index contributed by atoms with van der Waals surface area (Å²) >= 11 is 8.12. The molecule has 1 aliphatic heterocycles. The normalized spacial score (nSPS) is 15.9. The van der Waals surface area contributed by atoms with Crippen molar-refractivity contribution in [2.24, 2.45) is 4.99 Å². The third kappa shape index (κ3) is 3.05. The van der Waals surface area contributed by atoms with Crippen LogP contribution in [0.25, 0.3) is 6.08 Å². The van der Waals surface area contributed by atoms with Crippen LogP contribution in [0.1, 0.15) is 11.1 Å². The maximum absolute atomic E-state index is 13.8. The molecule has 0 N–H and O–H groups in total. The van der Waals surface area contributed by atoms with Gasteiger partial charge in [0, 0.05) is 14.7 Å². The van der Waals surface area contributed by atoms with E-state index in [1.54, 1.807) is 18.2 Å². The SMILES string of the molecule is O=C1OC(c2ccc(I)cc2)=N/C1=C\c1c(F)cccc1Cl. The van der Waals surface area contributed by atoms with Gasteiger partial charge in [-0.3, -0.25) is 0 Å². The fourth-order valence-corrected chi connectivity index (χ4v) is 2.49. The minimum absolute atomic E-state index is 0.0144. The average molecular weight is 428 g/mol. The summed E-state index contributed by atoms with van der Waals surface area (Å²) in [5, 5.41) is 0.207. The van der Waals surface area contributed by atoms with Gasteiger partial charge < -0.3 is 4.74 Å². The van der Waals surface area contributed by atoms with Gasteiger partial charge in [-0.2, -0.15) is 0 Å². The van der Waals surface area contributed by atoms with Gasteiger partial charge in [-0.25, -0.2) is 14.2 Å². The third-order valence-corrected chi connectivity index (χ3v) is 4.04. The maximum atomic E-state index is 13.8. The van der Waals surface area contributed by atoms with Crippen molar-refractivity contribution in [1.82, 2.24) is 0 Å². The predicted molar refractivity (Wildman–Crippen MR) is 91.2 cm³/mol. The van der Waals surface area contributed by atoms with Crippen molar-refractivity contribution < 1.29 is 13.9 Å². The van der Waals surface area contributed by atoms with Crippen molar-refractivity contribution in [1.29, 1.82) is 0 Å². The lowest BCUT2D eigenvalue weighted by Crippen LogP contribution is -2.05. The van der Waals surface area contributed by atoms with Crippen LogP contribution in [0.2, 0.25) is 5.02 Å². The topological polar surface area (TPSA) is 38.7 Å². The molecule has 110 valence electrons. The number of cyclic esters (lactones) is 1. The highest BCUT2D eigenvalue weighted by Gasteiger charge is 2.24. The number of nitrogens with zero attached hydrogens (tertiary/aromatic N) is 1. The van der Waals surface area contributed by atoms with Crippen molar-refractivity contribution >= 4 is 52.1 Å². The van der Waals surface area contributed by atoms with E-state index in [2.05, 4.69) is 27.6 Å². The summed E-state index contributed by atoms with van der Waals surface area (Å²) in [4.78, 5) is 16.0. The number of hydrogen-bond donors (Lipinski definition) is 0. The Morgan fingerprint density at radius 1 is 1.18 bits per heavy atom. The van der Waals surface area contributed by atoms with Gasteiger partial charge in [-0.15, -0.1) is 0 Å². The smallest absolute Gasteiger partial charge is 0.363 e. The zero-order valence-electron chi connectivity index (χ0n) is 11.0. The Hall–Kier alpha value is -1.73. The number of esters is 1. The molecule has 0 aliphatic carbocycles. The fourth-order valence-electron chi connectivity index (χ4n) is 1.91. The number of carbonyl (C=O) groups excluding carboxylic acids is 1. The van der Waals surface area contributed by atoms with Crippen LogP contribution in [0.4, 0.5) is 4.39 Å². The molecule has 3 nitrogen and oxygen atoms in total. The molecule has 0 bridgehead atoms. The molecule has 0 radical (unpaired) electrons. The quantitative estimate of drug-likeness (QED) is 0.404. The number of hydrogen-bond acceptors (Lipinski definition) is 3. The Kier molecular flexibility index (Phi) is 4.26. The first kappa shape index (κ1) is 15.2. The lowest BCUT2D eigenvalue weighted by Gasteiger charge is -1.99. The molecule has 1 aliphatic rings. The molecule has 0 saturated heterocycles. The standard InChI is InChI=1S/C16H8ClFINO2/c17-12-2-1-3-13(18)11(12)8-14-16(21)22-15(20-14)9-4-6-10(19)7-5-9/h1-8H/b14-8-. The lowest BCUT2D eigenvalue weighted by molar-refractivity contribution is -0.129. The minimum Gasteiger partial charge on any atom is -0.402 e. The second-order valence-corrected chi connectivity index (χ2v) is 6.13. The average Bonchev–Trinajstić information content (AvgIpc) is 2.85. The van der Waals surface area contributed by atoms with E-state index in [1.807, 2.05) is 12.1 Å². The molecule has 1 heterocycles. The Labute approximate surface area is 144 Å². The van der Waals surface area contributed by atoms with Gasteiger partial charge in [0.1, 0.15) is 5.82 Å². The van der Waals surface area contributed by atoms with Gasteiger partial charge in [0.2, 0.25) is 5.90 Å². The van der Waals surface area contributed by atoms with E-state index in [9.17, 15) is 9.18 Å². The number of halogens is 3. The Bertz CT molecular complexity index is 795. The Balaban J connectivity index is 1.99. The van der Waals surface area contributed by atoms with Gasteiger partial charge >= 0.3 is 5.97 Å². The summed E-state index contributed by atoms with van der Waals surface area (Å²) < 4.78 is 19.9. The molecule has 0 atom stereocenters. The van der Waals surface area contributed by atoms with E-state index in [1.165, 1.54) is 18.2 Å². The molecule has 0 aromatic heterocycles. The molecule has 0 fully saturated rings. The summed E-state index contributed by atoms with van der Waals surface area (Å²) in [6.45, 7) is 0. The Morgan fingerprint density at radius 2 is 1.91 bits per heavy atom. The van der Waals surface area contributed by atoms with Crippen molar-refractivity contribution in [2.75, 3.05) is 0 Å². The Morgan fingerprint density at radius 3 is 2.59 bits per heavy atom. The highest BCUT2D eigenvalue weighted by molar-refractivity contribution is 14.1. The van der Waals surface area contributed by atoms with Crippen molar-refractivity contribution in [3.8, 4) is 0 Å². The predicted octanol–water partition coefficient (Wildman–Crippen LogP) is 4.43. The summed E-state index contributed by atoms with van der Waals surface area (Å²) in [6.07, 6.45) is 1.29. The van der Waals surface area contributed by atoms with Crippen LogP contribution >= 0.6 is 34.2 Å². The van der Waals surface area contributed by atoms with E-state index < -0.39 is 11.8 Å². The van der Waals surface area contributed by atoms with Crippen LogP contribution in [0.3, 0.4) is 0 Å². The molecule has 0 spiro atoms. The number of rotatable bonds is 2. The number of benzene rings is 2. The molecule has 0 unspecified atom stereocenters. The molecule has 0 amide bonds. The molecule has 22 heavy (non-hydrogen) atoms. The fraction of sp³-hybridized carbons (Fsp3) is 0. The summed E-state index contributed by atoms with van der Waals surface area (Å²) in [6, 6.07) is 11.7. The summed E-state index contributed by atoms with van der Waals surface area (Å²) in [7, 11) is 0. The molecular weight excluding hydrogens is 420 g/mol. The first-order valence-electron chi connectivity index (χ1n) is 6.27. The van der Waals surface area contributed by atoms with Crippen LogP contribution in [0, 0.1) is 9.39 Å². The van der Waals surface area contributed by atoms with Gasteiger partial charge in [-0.05, 0) is 65.1 Å². The van der Waals surface area contributed by atoms with Crippen LogP contribution in [-0.2, 0) is 9.53 Å². The number of carbonyl (C=O) groups is 1. The molecular formula is C16H8ClFINO2. The third-order valence-electron chi connectivity index (χ3n) is 2.99. The number of ether oxygens (including phenoxy) is 1. The van der Waals surface area contributed by atoms with Crippen LogP contribution in [0.5, 0.6) is 0 Å². The van der Waals surface area contributed by atoms with E-state index in [4.69, 9.17) is 16.3 Å². The van der Waals surface area contributed by atoms with Gasteiger partial charge in [0.15, 0.2) is 5.70 Å².